The van der Waals surface area contributed by atoms with Crippen molar-refractivity contribution in [2.45, 2.75) is 17.2 Å². The molecule has 126 valence electrons. The quantitative estimate of drug-likeness (QED) is 0.802. The predicted octanol–water partition coefficient (Wildman–Crippen LogP) is 2.14. The summed E-state index contributed by atoms with van der Waals surface area (Å²) in [6, 6.07) is 13.9. The van der Waals surface area contributed by atoms with E-state index in [9.17, 15) is 17.9 Å². The van der Waals surface area contributed by atoms with Crippen molar-refractivity contribution in [2.75, 3.05) is 13.2 Å². The topological polar surface area (TPSA) is 90.2 Å². The molecule has 5 nitrogen and oxygen atoms in total. The van der Waals surface area contributed by atoms with Gasteiger partial charge < -0.3 is 5.11 Å². The van der Waals surface area contributed by atoms with Gasteiger partial charge in [0.1, 0.15) is 11.9 Å². The van der Waals surface area contributed by atoms with Crippen LogP contribution in [0.15, 0.2) is 53.4 Å². The van der Waals surface area contributed by atoms with Gasteiger partial charge in [-0.05, 0) is 36.1 Å². The molecule has 0 aliphatic carbocycles. The Morgan fingerprint density at radius 2 is 1.92 bits per heavy atom. The number of sulfonamides is 1. The van der Waals surface area contributed by atoms with Crippen molar-refractivity contribution in [1.82, 2.24) is 4.72 Å². The van der Waals surface area contributed by atoms with E-state index < -0.39 is 15.8 Å². The van der Waals surface area contributed by atoms with Gasteiger partial charge in [0.25, 0.3) is 0 Å². The standard InChI is InChI=1S/C17H17FN2O3S/c18-17-7-6-16(10-15(17)11-19)24(22,23)20-12-14(8-9-21)13-4-2-1-3-5-13/h1-7,10,14,20-21H,8-9,12H2. The van der Waals surface area contributed by atoms with E-state index in [0.29, 0.717) is 6.42 Å². The third-order valence-electron chi connectivity index (χ3n) is 3.64. The van der Waals surface area contributed by atoms with Crippen molar-refractivity contribution in [2.24, 2.45) is 0 Å². The Labute approximate surface area is 140 Å². The molecule has 2 rings (SSSR count). The first-order chi connectivity index (χ1) is 11.5. The zero-order valence-corrected chi connectivity index (χ0v) is 13.6. The van der Waals surface area contributed by atoms with Gasteiger partial charge in [0.05, 0.1) is 10.5 Å². The lowest BCUT2D eigenvalue weighted by Gasteiger charge is -2.17. The lowest BCUT2D eigenvalue weighted by molar-refractivity contribution is 0.275. The monoisotopic (exact) mass is 348 g/mol. The van der Waals surface area contributed by atoms with Crippen molar-refractivity contribution >= 4 is 10.0 Å². The molecule has 2 N–H and O–H groups in total. The van der Waals surface area contributed by atoms with E-state index in [-0.39, 0.29) is 29.5 Å². The summed E-state index contributed by atoms with van der Waals surface area (Å²) in [4.78, 5) is -0.170. The average Bonchev–Trinajstić information content (AvgIpc) is 2.59. The number of nitrogens with zero attached hydrogens (tertiary/aromatic N) is 1. The Kier molecular flexibility index (Phi) is 6.04. The Bertz CT molecular complexity index is 833. The van der Waals surface area contributed by atoms with E-state index in [2.05, 4.69) is 4.72 Å². The van der Waals surface area contributed by atoms with Crippen LogP contribution < -0.4 is 4.72 Å². The van der Waals surface area contributed by atoms with Crippen molar-refractivity contribution < 1.29 is 17.9 Å². The van der Waals surface area contributed by atoms with Crippen LogP contribution >= 0.6 is 0 Å². The second-order valence-electron chi connectivity index (χ2n) is 5.23. The highest BCUT2D eigenvalue weighted by Gasteiger charge is 2.19. The molecule has 0 saturated heterocycles. The number of hydrogen-bond donors (Lipinski definition) is 2. The molecule has 0 aromatic heterocycles. The number of hydrogen-bond acceptors (Lipinski definition) is 4. The molecule has 0 saturated carbocycles. The summed E-state index contributed by atoms with van der Waals surface area (Å²) >= 11 is 0. The van der Waals surface area contributed by atoms with E-state index >= 15 is 0 Å². The molecule has 0 aliphatic heterocycles. The third kappa shape index (κ3) is 4.38. The molecule has 0 heterocycles. The van der Waals surface area contributed by atoms with Crippen LogP contribution in [-0.4, -0.2) is 26.7 Å². The van der Waals surface area contributed by atoms with Crippen molar-refractivity contribution in [3.05, 3.63) is 65.5 Å². The van der Waals surface area contributed by atoms with E-state index in [0.717, 1.165) is 23.8 Å². The maximum absolute atomic E-state index is 13.3. The molecule has 0 spiro atoms. The SMILES string of the molecule is N#Cc1cc(S(=O)(=O)NCC(CCO)c2ccccc2)ccc1F. The van der Waals surface area contributed by atoms with Crippen molar-refractivity contribution in [3.63, 3.8) is 0 Å². The lowest BCUT2D eigenvalue weighted by atomic mass is 9.96. The number of nitriles is 1. The van der Waals surface area contributed by atoms with Gasteiger partial charge in [-0.1, -0.05) is 30.3 Å². The summed E-state index contributed by atoms with van der Waals surface area (Å²) in [6.07, 6.45) is 0.402. The summed E-state index contributed by atoms with van der Waals surface area (Å²) in [5.74, 6) is -0.958. The van der Waals surface area contributed by atoms with E-state index in [1.165, 1.54) is 0 Å². The highest BCUT2D eigenvalue weighted by atomic mass is 32.2. The summed E-state index contributed by atoms with van der Waals surface area (Å²) in [7, 11) is -3.88. The smallest absolute Gasteiger partial charge is 0.240 e. The van der Waals surface area contributed by atoms with Crippen LogP contribution in [0, 0.1) is 17.1 Å². The Hall–Kier alpha value is -2.27. The van der Waals surface area contributed by atoms with Gasteiger partial charge in [0, 0.05) is 13.2 Å². The van der Waals surface area contributed by atoms with Gasteiger partial charge in [-0.15, -0.1) is 0 Å². The number of aliphatic hydroxyl groups is 1. The minimum Gasteiger partial charge on any atom is -0.396 e. The molecule has 0 bridgehead atoms. The first-order valence-electron chi connectivity index (χ1n) is 7.33. The first kappa shape index (κ1) is 18.1. The van der Waals surface area contributed by atoms with Crippen LogP contribution in [0.1, 0.15) is 23.5 Å². The fraction of sp³-hybridized carbons (Fsp3) is 0.235. The molecular formula is C17H17FN2O3S. The molecule has 1 atom stereocenters. The van der Waals surface area contributed by atoms with Crippen LogP contribution in [-0.2, 0) is 10.0 Å². The number of aliphatic hydroxyl groups excluding tert-OH is 1. The van der Waals surface area contributed by atoms with Gasteiger partial charge in [-0.25, -0.2) is 17.5 Å². The number of rotatable bonds is 7. The van der Waals surface area contributed by atoms with Crippen LogP contribution in [0.4, 0.5) is 4.39 Å². The minimum absolute atomic E-state index is 0.0730. The highest BCUT2D eigenvalue weighted by molar-refractivity contribution is 7.89. The maximum atomic E-state index is 13.3. The predicted molar refractivity (Wildman–Crippen MR) is 87.2 cm³/mol. The second kappa shape index (κ2) is 8.02. The fourth-order valence-electron chi connectivity index (χ4n) is 2.32. The molecule has 7 heteroatoms. The largest absolute Gasteiger partial charge is 0.396 e. The summed E-state index contributed by atoms with van der Waals surface area (Å²) in [5.41, 5.74) is 0.582. The van der Waals surface area contributed by atoms with Gasteiger partial charge in [-0.3, -0.25) is 0 Å². The summed E-state index contributed by atoms with van der Waals surface area (Å²) in [5, 5.41) is 18.0. The summed E-state index contributed by atoms with van der Waals surface area (Å²) < 4.78 is 40.5. The first-order valence-corrected chi connectivity index (χ1v) is 8.81. The Morgan fingerprint density at radius 1 is 1.21 bits per heavy atom. The fourth-order valence-corrected chi connectivity index (χ4v) is 3.43. The van der Waals surface area contributed by atoms with Gasteiger partial charge in [-0.2, -0.15) is 5.26 Å². The van der Waals surface area contributed by atoms with Crippen molar-refractivity contribution in [3.8, 4) is 6.07 Å². The second-order valence-corrected chi connectivity index (χ2v) is 6.99. The minimum atomic E-state index is -3.88. The molecule has 0 aliphatic rings. The molecule has 2 aromatic carbocycles. The number of halogens is 1. The van der Waals surface area contributed by atoms with E-state index in [1.54, 1.807) is 6.07 Å². The van der Waals surface area contributed by atoms with Gasteiger partial charge >= 0.3 is 0 Å². The Morgan fingerprint density at radius 3 is 2.54 bits per heavy atom. The van der Waals surface area contributed by atoms with Crippen molar-refractivity contribution in [1.29, 1.82) is 5.26 Å². The van der Waals surface area contributed by atoms with Gasteiger partial charge in [0.2, 0.25) is 10.0 Å². The van der Waals surface area contributed by atoms with Gasteiger partial charge in [0.15, 0.2) is 0 Å². The average molecular weight is 348 g/mol. The molecule has 0 amide bonds. The van der Waals surface area contributed by atoms with Crippen LogP contribution in [0.5, 0.6) is 0 Å². The number of benzene rings is 2. The molecule has 24 heavy (non-hydrogen) atoms. The molecule has 0 radical (unpaired) electrons. The van der Waals surface area contributed by atoms with E-state index in [4.69, 9.17) is 5.26 Å². The van der Waals surface area contributed by atoms with Crippen LogP contribution in [0.3, 0.4) is 0 Å². The highest BCUT2D eigenvalue weighted by Crippen LogP contribution is 2.20. The summed E-state index contributed by atoms with van der Waals surface area (Å²) in [6.45, 7) is 0.0165. The molecule has 1 unspecified atom stereocenters. The number of nitrogens with one attached hydrogen (secondary N) is 1. The van der Waals surface area contributed by atoms with Crippen LogP contribution in [0.2, 0.25) is 0 Å². The maximum Gasteiger partial charge on any atom is 0.240 e. The third-order valence-corrected chi connectivity index (χ3v) is 5.06. The van der Waals surface area contributed by atoms with Crippen LogP contribution in [0.25, 0.3) is 0 Å². The Balaban J connectivity index is 2.18. The molecule has 0 fully saturated rings. The molecule has 2 aromatic rings. The normalized spacial score (nSPS) is 12.5. The lowest BCUT2D eigenvalue weighted by Crippen LogP contribution is -2.29. The van der Waals surface area contributed by atoms with E-state index in [1.807, 2.05) is 30.3 Å². The molecular weight excluding hydrogens is 331 g/mol. The zero-order valence-electron chi connectivity index (χ0n) is 12.8. The zero-order chi connectivity index (χ0) is 17.6.